The number of alkyl halides is 3. The number of carbonyl (C=O) groups excluding carboxylic acids is 1. The molecule has 1 aliphatic rings. The average molecular weight is 379 g/mol. The Hall–Kier alpha value is -1.41. The van der Waals surface area contributed by atoms with Crippen molar-refractivity contribution in [2.75, 3.05) is 0 Å². The first-order valence-electron chi connectivity index (χ1n) is 6.53. The molecule has 0 aliphatic carbocycles. The van der Waals surface area contributed by atoms with Crippen molar-refractivity contribution < 1.29 is 23.1 Å². The Labute approximate surface area is 133 Å². The molecule has 0 saturated carbocycles. The fourth-order valence-corrected chi connectivity index (χ4v) is 2.31. The Morgan fingerprint density at radius 3 is 2.36 bits per heavy atom. The first-order chi connectivity index (χ1) is 10.1. The molecule has 1 aromatic carbocycles. The van der Waals surface area contributed by atoms with Crippen molar-refractivity contribution in [2.45, 2.75) is 32.2 Å². The van der Waals surface area contributed by atoms with Gasteiger partial charge >= 0.3 is 6.18 Å². The van der Waals surface area contributed by atoms with Crippen molar-refractivity contribution in [3.8, 4) is 0 Å². The molecule has 0 unspecified atom stereocenters. The van der Waals surface area contributed by atoms with Crippen molar-refractivity contribution in [1.29, 1.82) is 0 Å². The molecule has 0 radical (unpaired) electrons. The summed E-state index contributed by atoms with van der Waals surface area (Å²) < 4.78 is 40.5. The average Bonchev–Trinajstić information content (AvgIpc) is 2.77. The van der Waals surface area contributed by atoms with Gasteiger partial charge in [-0.2, -0.15) is 23.3 Å². The number of amides is 1. The highest BCUT2D eigenvalue weighted by Crippen LogP contribution is 2.41. The van der Waals surface area contributed by atoms with Gasteiger partial charge in [0.1, 0.15) is 0 Å². The maximum absolute atomic E-state index is 13.2. The predicted octanol–water partition coefficient (Wildman–Crippen LogP) is 3.29. The molecule has 1 amide bonds. The van der Waals surface area contributed by atoms with Gasteiger partial charge in [-0.3, -0.25) is 4.79 Å². The van der Waals surface area contributed by atoms with E-state index in [0.717, 1.165) is 4.47 Å². The lowest BCUT2D eigenvalue weighted by molar-refractivity contribution is -0.303. The predicted molar refractivity (Wildman–Crippen MR) is 78.0 cm³/mol. The van der Waals surface area contributed by atoms with E-state index in [-0.39, 0.29) is 10.7 Å². The van der Waals surface area contributed by atoms with Crippen LogP contribution in [0.15, 0.2) is 33.8 Å². The second-order valence-corrected chi connectivity index (χ2v) is 6.27. The SMILES string of the molecule is CC(C)C(=O)N1N=C(c2ccc(Br)cc2)C[C@]1(O)C(F)(F)F. The van der Waals surface area contributed by atoms with Crippen LogP contribution in [0, 0.1) is 5.92 Å². The van der Waals surface area contributed by atoms with Gasteiger partial charge in [0.15, 0.2) is 0 Å². The van der Waals surface area contributed by atoms with E-state index in [1.54, 1.807) is 24.3 Å². The van der Waals surface area contributed by atoms with Crippen molar-refractivity contribution in [3.05, 3.63) is 34.3 Å². The summed E-state index contributed by atoms with van der Waals surface area (Å²) in [5.74, 6) is -1.60. The molecule has 4 nitrogen and oxygen atoms in total. The third kappa shape index (κ3) is 2.89. The molecule has 1 heterocycles. The van der Waals surface area contributed by atoms with E-state index in [4.69, 9.17) is 0 Å². The Balaban J connectivity index is 2.45. The lowest BCUT2D eigenvalue weighted by Gasteiger charge is -2.33. The zero-order valence-corrected chi connectivity index (χ0v) is 13.4. The van der Waals surface area contributed by atoms with E-state index in [1.165, 1.54) is 13.8 Å². The molecular weight excluding hydrogens is 365 g/mol. The standard InChI is InChI=1S/C14H14BrF3N2O2/c1-8(2)12(21)20-13(22,14(16,17)18)7-11(19-20)9-3-5-10(15)6-4-9/h3-6,8,22H,7H2,1-2H3/t13-/m0/s1. The molecule has 0 spiro atoms. The molecule has 2 rings (SSSR count). The molecule has 1 N–H and O–H groups in total. The number of hydrogen-bond acceptors (Lipinski definition) is 3. The molecule has 0 saturated heterocycles. The molecule has 8 heteroatoms. The Bertz CT molecular complexity index is 614. The maximum Gasteiger partial charge on any atom is 0.438 e. The molecule has 0 fully saturated rings. The second-order valence-electron chi connectivity index (χ2n) is 5.35. The normalized spacial score (nSPS) is 22.2. The van der Waals surface area contributed by atoms with Crippen molar-refractivity contribution in [1.82, 2.24) is 5.01 Å². The molecule has 1 aliphatic heterocycles. The first-order valence-corrected chi connectivity index (χ1v) is 7.32. The summed E-state index contributed by atoms with van der Waals surface area (Å²) in [4.78, 5) is 12.0. The Kier molecular flexibility index (Phi) is 4.36. The van der Waals surface area contributed by atoms with Gasteiger partial charge in [0.2, 0.25) is 5.91 Å². The van der Waals surface area contributed by atoms with Crippen LogP contribution in [0.4, 0.5) is 13.2 Å². The van der Waals surface area contributed by atoms with Crippen LogP contribution >= 0.6 is 15.9 Å². The van der Waals surface area contributed by atoms with Gasteiger partial charge in [-0.1, -0.05) is 41.9 Å². The number of rotatable bonds is 2. The first kappa shape index (κ1) is 17.0. The molecule has 0 bridgehead atoms. The third-order valence-corrected chi connectivity index (χ3v) is 3.85. The summed E-state index contributed by atoms with van der Waals surface area (Å²) in [6.45, 7) is 2.90. The summed E-state index contributed by atoms with van der Waals surface area (Å²) >= 11 is 3.23. The Morgan fingerprint density at radius 2 is 1.91 bits per heavy atom. The molecule has 0 aromatic heterocycles. The van der Waals surface area contributed by atoms with Crippen LogP contribution in [-0.2, 0) is 4.79 Å². The van der Waals surface area contributed by atoms with Crippen LogP contribution in [-0.4, -0.2) is 33.6 Å². The summed E-state index contributed by atoms with van der Waals surface area (Å²) in [6, 6.07) is 6.45. The highest BCUT2D eigenvalue weighted by atomic mass is 79.9. The van der Waals surface area contributed by atoms with Crippen LogP contribution in [0.1, 0.15) is 25.8 Å². The van der Waals surface area contributed by atoms with Crippen LogP contribution in [0.3, 0.4) is 0 Å². The van der Waals surface area contributed by atoms with Gasteiger partial charge in [0.05, 0.1) is 12.1 Å². The van der Waals surface area contributed by atoms with Gasteiger partial charge in [-0.05, 0) is 17.7 Å². The van der Waals surface area contributed by atoms with Crippen molar-refractivity contribution in [2.24, 2.45) is 11.0 Å². The molecule has 1 aromatic rings. The Morgan fingerprint density at radius 1 is 1.36 bits per heavy atom. The quantitative estimate of drug-likeness (QED) is 0.858. The van der Waals surface area contributed by atoms with Crippen molar-refractivity contribution in [3.63, 3.8) is 0 Å². The summed E-state index contributed by atoms with van der Waals surface area (Å²) in [5, 5.41) is 14.0. The maximum atomic E-state index is 13.2. The number of hydrogen-bond donors (Lipinski definition) is 1. The number of nitrogens with zero attached hydrogens (tertiary/aromatic N) is 2. The van der Waals surface area contributed by atoms with E-state index < -0.39 is 30.1 Å². The highest BCUT2D eigenvalue weighted by Gasteiger charge is 2.63. The minimum Gasteiger partial charge on any atom is -0.362 e. The summed E-state index contributed by atoms with van der Waals surface area (Å²) in [5.41, 5.74) is -2.87. The second kappa shape index (κ2) is 5.66. The largest absolute Gasteiger partial charge is 0.438 e. The highest BCUT2D eigenvalue weighted by molar-refractivity contribution is 9.10. The van der Waals surface area contributed by atoms with Gasteiger partial charge in [0, 0.05) is 10.4 Å². The van der Waals surface area contributed by atoms with Crippen LogP contribution in [0.25, 0.3) is 0 Å². The minimum atomic E-state index is -5.00. The van der Waals surface area contributed by atoms with E-state index >= 15 is 0 Å². The lowest BCUT2D eigenvalue weighted by Crippen LogP contribution is -2.57. The third-order valence-electron chi connectivity index (χ3n) is 3.32. The van der Waals surface area contributed by atoms with Crippen molar-refractivity contribution >= 4 is 27.5 Å². The van der Waals surface area contributed by atoms with E-state index in [2.05, 4.69) is 21.0 Å². The van der Waals surface area contributed by atoms with Gasteiger partial charge in [0.25, 0.3) is 5.72 Å². The monoisotopic (exact) mass is 378 g/mol. The topological polar surface area (TPSA) is 52.9 Å². The fraction of sp³-hybridized carbons (Fsp3) is 0.429. The molecule has 1 atom stereocenters. The van der Waals surface area contributed by atoms with Crippen LogP contribution < -0.4 is 0 Å². The smallest absolute Gasteiger partial charge is 0.362 e. The number of halogens is 4. The zero-order valence-electron chi connectivity index (χ0n) is 11.9. The van der Waals surface area contributed by atoms with Gasteiger partial charge in [-0.25, -0.2) is 0 Å². The van der Waals surface area contributed by atoms with E-state index in [1.807, 2.05) is 0 Å². The number of hydrazone groups is 1. The summed E-state index contributed by atoms with van der Waals surface area (Å²) in [6.07, 6.45) is -5.80. The number of benzene rings is 1. The molecular formula is C14H14BrF3N2O2. The van der Waals surface area contributed by atoms with Crippen LogP contribution in [0.2, 0.25) is 0 Å². The van der Waals surface area contributed by atoms with Gasteiger partial charge in [-0.15, -0.1) is 0 Å². The molecule has 120 valence electrons. The van der Waals surface area contributed by atoms with E-state index in [0.29, 0.717) is 5.56 Å². The number of aliphatic hydroxyl groups is 1. The minimum absolute atomic E-state index is 0.0151. The van der Waals surface area contributed by atoms with E-state index in [9.17, 15) is 23.1 Å². The lowest BCUT2D eigenvalue weighted by atomic mass is 10.0. The molecule has 22 heavy (non-hydrogen) atoms. The van der Waals surface area contributed by atoms with Crippen LogP contribution in [0.5, 0.6) is 0 Å². The zero-order chi connectivity index (χ0) is 16.7. The number of carbonyl (C=O) groups is 1. The van der Waals surface area contributed by atoms with Gasteiger partial charge < -0.3 is 5.11 Å². The summed E-state index contributed by atoms with van der Waals surface area (Å²) in [7, 11) is 0. The fourth-order valence-electron chi connectivity index (χ4n) is 2.05.